The van der Waals surface area contributed by atoms with Gasteiger partial charge >= 0.3 is 12.0 Å². The molecule has 0 spiro atoms. The average Bonchev–Trinajstić information content (AvgIpc) is 3.02. The number of fused-ring (bicyclic) bond motifs is 2. The number of likely N-dealkylation sites (N-methyl/N-ethyl adjacent to an activating group) is 1. The second kappa shape index (κ2) is 6.36. The van der Waals surface area contributed by atoms with Gasteiger partial charge in [0.1, 0.15) is 6.54 Å². The van der Waals surface area contributed by atoms with Gasteiger partial charge in [0.2, 0.25) is 11.9 Å². The Morgan fingerprint density at radius 1 is 1.27 bits per heavy atom. The van der Waals surface area contributed by atoms with Crippen LogP contribution in [0.2, 0.25) is 0 Å². The van der Waals surface area contributed by atoms with Crippen LogP contribution in [0.3, 0.4) is 0 Å². The van der Waals surface area contributed by atoms with Crippen molar-refractivity contribution >= 4 is 29.4 Å². The fraction of sp³-hybridized carbons (Fsp3) is 0.389. The molecule has 1 aromatic rings. The normalized spacial score (nSPS) is 22.0. The molecule has 3 amide bonds. The van der Waals surface area contributed by atoms with Crippen LogP contribution in [0.5, 0.6) is 0 Å². The van der Waals surface area contributed by atoms with E-state index in [4.69, 9.17) is 0 Å². The van der Waals surface area contributed by atoms with E-state index in [-0.39, 0.29) is 11.9 Å². The van der Waals surface area contributed by atoms with Gasteiger partial charge in [-0.15, -0.1) is 5.10 Å². The molecule has 1 atom stereocenters. The summed E-state index contributed by atoms with van der Waals surface area (Å²) in [5.41, 5.74) is 4.92. The summed E-state index contributed by atoms with van der Waals surface area (Å²) in [7, 11) is 1.66. The number of guanidine groups is 1. The molecule has 1 aromatic carbocycles. The Hall–Kier alpha value is -3.03. The number of hydrogen-bond acceptors (Lipinski definition) is 5. The molecule has 0 aliphatic carbocycles. The molecule has 0 bridgehead atoms. The van der Waals surface area contributed by atoms with Gasteiger partial charge in [-0.3, -0.25) is 14.6 Å². The van der Waals surface area contributed by atoms with Gasteiger partial charge in [-0.25, -0.2) is 9.37 Å². The fourth-order valence-corrected chi connectivity index (χ4v) is 3.49. The highest BCUT2D eigenvalue weighted by molar-refractivity contribution is 6.23. The minimum Gasteiger partial charge on any atom is -0.270 e. The van der Waals surface area contributed by atoms with Gasteiger partial charge in [-0.1, -0.05) is 35.3 Å². The number of hydrogen-bond donors (Lipinski definition) is 1. The number of nitrogens with one attached hydrogen (secondary N) is 1. The van der Waals surface area contributed by atoms with Crippen molar-refractivity contribution in [1.29, 1.82) is 0 Å². The number of rotatable bonds is 4. The van der Waals surface area contributed by atoms with Crippen LogP contribution in [0.1, 0.15) is 18.9 Å². The zero-order chi connectivity index (χ0) is 18.3. The molecule has 8 heteroatoms. The molecule has 1 N–H and O–H groups in total. The van der Waals surface area contributed by atoms with Crippen LogP contribution < -0.4 is 5.43 Å². The molecule has 1 unspecified atom stereocenters. The first-order chi connectivity index (χ1) is 12.6. The number of urea groups is 1. The van der Waals surface area contributed by atoms with Gasteiger partial charge in [0.05, 0.1) is 5.71 Å². The van der Waals surface area contributed by atoms with Gasteiger partial charge in [0.15, 0.2) is 0 Å². The summed E-state index contributed by atoms with van der Waals surface area (Å²) < 4.78 is 1.87. The highest BCUT2D eigenvalue weighted by Gasteiger charge is 2.52. The molecule has 134 valence electrons. The van der Waals surface area contributed by atoms with Crippen molar-refractivity contribution in [2.75, 3.05) is 20.1 Å². The van der Waals surface area contributed by atoms with Gasteiger partial charge in [0, 0.05) is 13.6 Å². The minimum absolute atomic E-state index is 0.216. The Balaban J connectivity index is 1.50. The molecule has 8 nitrogen and oxygen atoms in total. The molecular formula is C18H21N6O2+. The van der Waals surface area contributed by atoms with E-state index in [1.54, 1.807) is 7.05 Å². The van der Waals surface area contributed by atoms with Crippen molar-refractivity contribution in [3.63, 3.8) is 0 Å². The number of aryl methyl sites for hydroxylation is 1. The Kier molecular flexibility index (Phi) is 4.02. The number of aliphatic imine (C=N–C) groups is 1. The SMILES string of the molecule is CC1=NNC2=[N+](C1)C1C(=O)N(CCCc3ccccc3)C(=O)N(C)C1=N2. The first kappa shape index (κ1) is 16.4. The highest BCUT2D eigenvalue weighted by atomic mass is 16.2. The van der Waals surface area contributed by atoms with Crippen molar-refractivity contribution in [3.8, 4) is 0 Å². The summed E-state index contributed by atoms with van der Waals surface area (Å²) in [6.07, 6.45) is 1.55. The highest BCUT2D eigenvalue weighted by Crippen LogP contribution is 2.21. The van der Waals surface area contributed by atoms with E-state index in [0.717, 1.165) is 18.6 Å². The van der Waals surface area contributed by atoms with Crippen molar-refractivity contribution in [2.24, 2.45) is 10.1 Å². The third-order valence-electron chi connectivity index (χ3n) is 4.85. The Bertz CT molecular complexity index is 858. The van der Waals surface area contributed by atoms with Crippen molar-refractivity contribution in [1.82, 2.24) is 15.2 Å². The maximum absolute atomic E-state index is 13.0. The van der Waals surface area contributed by atoms with E-state index < -0.39 is 6.04 Å². The third-order valence-corrected chi connectivity index (χ3v) is 4.85. The summed E-state index contributed by atoms with van der Waals surface area (Å²) >= 11 is 0. The number of imide groups is 1. The zero-order valence-corrected chi connectivity index (χ0v) is 14.8. The number of benzene rings is 1. The second-order valence-corrected chi connectivity index (χ2v) is 6.70. The van der Waals surface area contributed by atoms with Gasteiger partial charge in [0.25, 0.3) is 5.91 Å². The predicted octanol–water partition coefficient (Wildman–Crippen LogP) is 0.641. The zero-order valence-electron chi connectivity index (χ0n) is 14.8. The summed E-state index contributed by atoms with van der Waals surface area (Å²) in [4.78, 5) is 32.9. The largest absolute Gasteiger partial charge is 0.414 e. The third kappa shape index (κ3) is 2.67. The summed E-state index contributed by atoms with van der Waals surface area (Å²) in [5.74, 6) is 0.771. The summed E-state index contributed by atoms with van der Waals surface area (Å²) in [5, 5.41) is 4.15. The topological polar surface area (TPSA) is 80.4 Å². The minimum atomic E-state index is -0.567. The number of nitrogens with zero attached hydrogens (tertiary/aromatic N) is 5. The lowest BCUT2D eigenvalue weighted by atomic mass is 10.1. The number of amides is 3. The van der Waals surface area contributed by atoms with Gasteiger partial charge < -0.3 is 0 Å². The van der Waals surface area contributed by atoms with E-state index in [1.165, 1.54) is 15.4 Å². The Labute approximate surface area is 151 Å². The van der Waals surface area contributed by atoms with E-state index in [2.05, 4.69) is 27.7 Å². The molecule has 1 saturated heterocycles. The quantitative estimate of drug-likeness (QED) is 0.807. The molecule has 4 rings (SSSR count). The molecular weight excluding hydrogens is 332 g/mol. The first-order valence-electron chi connectivity index (χ1n) is 8.70. The lowest BCUT2D eigenvalue weighted by molar-refractivity contribution is -0.524. The van der Waals surface area contributed by atoms with Crippen LogP contribution in [0.4, 0.5) is 4.79 Å². The average molecular weight is 353 g/mol. The first-order valence-corrected chi connectivity index (χ1v) is 8.70. The maximum atomic E-state index is 13.0. The molecule has 1 fully saturated rings. The second-order valence-electron chi connectivity index (χ2n) is 6.70. The predicted molar refractivity (Wildman–Crippen MR) is 97.2 cm³/mol. The molecule has 26 heavy (non-hydrogen) atoms. The molecule has 3 aliphatic heterocycles. The van der Waals surface area contributed by atoms with Crippen molar-refractivity contribution in [2.45, 2.75) is 25.8 Å². The van der Waals surface area contributed by atoms with Crippen LogP contribution in [0, 0.1) is 0 Å². The molecule has 0 radical (unpaired) electrons. The van der Waals surface area contributed by atoms with Crippen molar-refractivity contribution < 1.29 is 14.2 Å². The lowest BCUT2D eigenvalue weighted by Crippen LogP contribution is -2.63. The van der Waals surface area contributed by atoms with Crippen LogP contribution in [0.25, 0.3) is 0 Å². The fourth-order valence-electron chi connectivity index (χ4n) is 3.49. The monoisotopic (exact) mass is 353 g/mol. The number of hydrazone groups is 1. The van der Waals surface area contributed by atoms with Gasteiger partial charge in [-0.2, -0.15) is 5.43 Å². The maximum Gasteiger partial charge on any atom is 0.414 e. The molecule has 3 heterocycles. The van der Waals surface area contributed by atoms with E-state index in [1.807, 2.05) is 29.7 Å². The van der Waals surface area contributed by atoms with E-state index in [9.17, 15) is 9.59 Å². The van der Waals surface area contributed by atoms with Crippen LogP contribution >= 0.6 is 0 Å². The number of carbonyl (C=O) groups is 2. The Morgan fingerprint density at radius 3 is 2.81 bits per heavy atom. The van der Waals surface area contributed by atoms with Crippen molar-refractivity contribution in [3.05, 3.63) is 35.9 Å². The molecule has 0 saturated carbocycles. The summed E-state index contributed by atoms with van der Waals surface area (Å²) in [6, 6.07) is 9.17. The Morgan fingerprint density at radius 2 is 2.04 bits per heavy atom. The van der Waals surface area contributed by atoms with Crippen LogP contribution in [-0.4, -0.2) is 70.0 Å². The standard InChI is InChI=1S/C18H20N6O2/c1-12-11-24-14-15(19-17(24)21-20-12)22(2)18(26)23(16(14)25)10-6-9-13-7-4-3-5-8-13/h3-5,7-8,14H,6,9-11H2,1-2H3/p+1. The lowest BCUT2D eigenvalue weighted by Gasteiger charge is -2.34. The van der Waals surface area contributed by atoms with Gasteiger partial charge in [-0.05, 0) is 25.3 Å². The van der Waals surface area contributed by atoms with E-state index >= 15 is 0 Å². The molecule has 0 aromatic heterocycles. The van der Waals surface area contributed by atoms with E-state index in [0.29, 0.717) is 24.9 Å². The smallest absolute Gasteiger partial charge is 0.270 e. The van der Waals surface area contributed by atoms with Crippen LogP contribution in [0.15, 0.2) is 40.4 Å². The molecule has 3 aliphatic rings. The number of carbonyl (C=O) groups excluding carboxylic acids is 2. The number of amidine groups is 1. The summed E-state index contributed by atoms with van der Waals surface area (Å²) in [6.45, 7) is 2.80. The van der Waals surface area contributed by atoms with Crippen LogP contribution in [-0.2, 0) is 11.2 Å².